The van der Waals surface area contributed by atoms with Crippen LogP contribution in [-0.2, 0) is 9.53 Å². The number of benzene rings is 2. The van der Waals surface area contributed by atoms with Crippen molar-refractivity contribution in [3.63, 3.8) is 0 Å². The van der Waals surface area contributed by atoms with E-state index >= 15 is 0 Å². The zero-order valence-electron chi connectivity index (χ0n) is 13.1. The zero-order valence-corrected chi connectivity index (χ0v) is 15.2. The van der Waals surface area contributed by atoms with E-state index in [2.05, 4.69) is 27.6 Å². The van der Waals surface area contributed by atoms with Gasteiger partial charge in [-0.1, -0.05) is 0 Å². The Hall–Kier alpha value is -2.35. The second-order valence-electron chi connectivity index (χ2n) is 4.99. The van der Waals surface area contributed by atoms with Crippen LogP contribution in [0.1, 0.15) is 11.1 Å². The van der Waals surface area contributed by atoms with E-state index in [0.29, 0.717) is 17.4 Å². The number of nitrogens with zero attached hydrogens (tertiary/aromatic N) is 1. The smallest absolute Gasteiger partial charge is 0.363 e. The van der Waals surface area contributed by atoms with Crippen molar-refractivity contribution in [3.8, 4) is 11.5 Å². The Morgan fingerprint density at radius 2 is 1.67 bits per heavy atom. The van der Waals surface area contributed by atoms with Crippen LogP contribution in [-0.4, -0.2) is 26.1 Å². The van der Waals surface area contributed by atoms with Crippen molar-refractivity contribution in [3.05, 3.63) is 62.9 Å². The molecule has 3 rings (SSSR count). The van der Waals surface area contributed by atoms with Gasteiger partial charge in [0.1, 0.15) is 11.5 Å². The maximum Gasteiger partial charge on any atom is 0.363 e. The van der Waals surface area contributed by atoms with Gasteiger partial charge in [-0.15, -0.1) is 0 Å². The highest BCUT2D eigenvalue weighted by Gasteiger charge is 2.24. The van der Waals surface area contributed by atoms with Crippen molar-refractivity contribution in [2.24, 2.45) is 4.99 Å². The Morgan fingerprint density at radius 1 is 1.04 bits per heavy atom. The summed E-state index contributed by atoms with van der Waals surface area (Å²) >= 11 is 2.21. The van der Waals surface area contributed by atoms with E-state index in [4.69, 9.17) is 14.2 Å². The number of esters is 1. The molecular weight excluding hydrogens is 421 g/mol. The normalized spacial score (nSPS) is 15.2. The van der Waals surface area contributed by atoms with E-state index in [9.17, 15) is 4.79 Å². The van der Waals surface area contributed by atoms with Crippen molar-refractivity contribution >= 4 is 40.5 Å². The van der Waals surface area contributed by atoms with Gasteiger partial charge in [-0.05, 0) is 70.6 Å². The van der Waals surface area contributed by atoms with Gasteiger partial charge in [0, 0.05) is 15.2 Å². The van der Waals surface area contributed by atoms with Crippen LogP contribution < -0.4 is 9.47 Å². The highest BCUT2D eigenvalue weighted by Crippen LogP contribution is 2.26. The van der Waals surface area contributed by atoms with Crippen LogP contribution in [0.5, 0.6) is 11.5 Å². The number of cyclic esters (lactones) is 1. The highest BCUT2D eigenvalue weighted by molar-refractivity contribution is 14.1. The van der Waals surface area contributed by atoms with E-state index in [1.54, 1.807) is 38.5 Å². The Morgan fingerprint density at radius 3 is 2.25 bits per heavy atom. The maximum absolute atomic E-state index is 12.1. The highest BCUT2D eigenvalue weighted by atomic mass is 127. The third kappa shape index (κ3) is 3.59. The third-order valence-electron chi connectivity index (χ3n) is 3.39. The largest absolute Gasteiger partial charge is 0.497 e. The fourth-order valence-electron chi connectivity index (χ4n) is 2.20. The molecule has 0 spiro atoms. The van der Waals surface area contributed by atoms with Gasteiger partial charge in [0.25, 0.3) is 0 Å². The Bertz CT molecular complexity index is 818. The molecule has 2 aromatic carbocycles. The minimum atomic E-state index is -0.481. The number of rotatable bonds is 4. The van der Waals surface area contributed by atoms with E-state index in [-0.39, 0.29) is 5.70 Å². The molecule has 5 nitrogen and oxygen atoms in total. The summed E-state index contributed by atoms with van der Waals surface area (Å²) in [5.41, 5.74) is 1.74. The summed E-state index contributed by atoms with van der Waals surface area (Å²) in [5, 5.41) is 0. The Balaban J connectivity index is 1.95. The first-order valence-corrected chi connectivity index (χ1v) is 8.18. The van der Waals surface area contributed by atoms with Gasteiger partial charge >= 0.3 is 5.97 Å². The average Bonchev–Trinajstić information content (AvgIpc) is 2.95. The van der Waals surface area contributed by atoms with E-state index in [1.165, 1.54) is 0 Å². The van der Waals surface area contributed by atoms with Crippen LogP contribution in [0.15, 0.2) is 53.2 Å². The summed E-state index contributed by atoms with van der Waals surface area (Å²) in [6.45, 7) is 0. The quantitative estimate of drug-likeness (QED) is 0.418. The number of halogens is 1. The summed E-state index contributed by atoms with van der Waals surface area (Å²) < 4.78 is 16.8. The molecule has 0 atom stereocenters. The fraction of sp³-hybridized carbons (Fsp3) is 0.111. The molecule has 2 aromatic rings. The molecule has 24 heavy (non-hydrogen) atoms. The summed E-state index contributed by atoms with van der Waals surface area (Å²) in [6, 6.07) is 12.9. The first-order chi connectivity index (χ1) is 11.6. The lowest BCUT2D eigenvalue weighted by atomic mass is 10.1. The first kappa shape index (κ1) is 16.5. The molecule has 6 heteroatoms. The molecule has 1 aliphatic heterocycles. The fourth-order valence-corrected chi connectivity index (χ4v) is 2.56. The van der Waals surface area contributed by atoms with Gasteiger partial charge < -0.3 is 14.2 Å². The third-order valence-corrected chi connectivity index (χ3v) is 4.11. The van der Waals surface area contributed by atoms with Crippen molar-refractivity contribution in [2.75, 3.05) is 14.2 Å². The van der Waals surface area contributed by atoms with Crippen molar-refractivity contribution in [1.29, 1.82) is 0 Å². The number of methoxy groups -OCH3 is 2. The molecule has 0 unspecified atom stereocenters. The molecule has 0 amide bonds. The standard InChI is InChI=1S/C18H14INO4/c1-22-14-7-11(8-15(10-14)23-2)9-16-18(21)24-17(20-16)12-3-5-13(19)6-4-12/h3-10H,1-2H3/b16-9-. The van der Waals surface area contributed by atoms with E-state index in [1.807, 2.05) is 24.3 Å². The average molecular weight is 435 g/mol. The Labute approximate surface area is 153 Å². The second-order valence-corrected chi connectivity index (χ2v) is 6.23. The molecule has 0 saturated heterocycles. The number of hydrogen-bond donors (Lipinski definition) is 0. The van der Waals surface area contributed by atoms with Gasteiger partial charge in [-0.25, -0.2) is 9.79 Å². The van der Waals surface area contributed by atoms with Crippen LogP contribution in [0, 0.1) is 3.57 Å². The first-order valence-electron chi connectivity index (χ1n) is 7.10. The van der Waals surface area contributed by atoms with Crippen molar-refractivity contribution in [2.45, 2.75) is 0 Å². The lowest BCUT2D eigenvalue weighted by Crippen LogP contribution is -2.05. The second kappa shape index (κ2) is 7.04. The summed E-state index contributed by atoms with van der Waals surface area (Å²) in [5.74, 6) is 1.09. The predicted octanol–water partition coefficient (Wildman–Crippen LogP) is 3.65. The molecule has 0 radical (unpaired) electrons. The molecule has 0 fully saturated rings. The van der Waals surface area contributed by atoms with Crippen LogP contribution in [0.25, 0.3) is 6.08 Å². The van der Waals surface area contributed by atoms with Gasteiger partial charge in [0.15, 0.2) is 5.70 Å². The van der Waals surface area contributed by atoms with E-state index < -0.39 is 5.97 Å². The molecule has 0 saturated carbocycles. The van der Waals surface area contributed by atoms with Crippen LogP contribution in [0.3, 0.4) is 0 Å². The molecule has 1 heterocycles. The summed E-state index contributed by atoms with van der Waals surface area (Å²) in [7, 11) is 3.14. The van der Waals surface area contributed by atoms with Gasteiger partial charge in [-0.3, -0.25) is 0 Å². The van der Waals surface area contributed by atoms with Crippen LogP contribution in [0.4, 0.5) is 0 Å². The number of ether oxygens (including phenoxy) is 3. The molecule has 1 aliphatic rings. The van der Waals surface area contributed by atoms with Gasteiger partial charge in [0.05, 0.1) is 14.2 Å². The Kier molecular flexibility index (Phi) is 4.84. The van der Waals surface area contributed by atoms with Crippen molar-refractivity contribution < 1.29 is 19.0 Å². The number of hydrogen-bond acceptors (Lipinski definition) is 5. The van der Waals surface area contributed by atoms with Crippen molar-refractivity contribution in [1.82, 2.24) is 0 Å². The zero-order chi connectivity index (χ0) is 17.1. The molecule has 0 bridgehead atoms. The summed E-state index contributed by atoms with van der Waals surface area (Å²) in [4.78, 5) is 16.4. The minimum Gasteiger partial charge on any atom is -0.497 e. The summed E-state index contributed by atoms with van der Waals surface area (Å²) in [6.07, 6.45) is 1.65. The topological polar surface area (TPSA) is 57.1 Å². The predicted molar refractivity (Wildman–Crippen MR) is 99.3 cm³/mol. The maximum atomic E-state index is 12.1. The van der Waals surface area contributed by atoms with Gasteiger partial charge in [-0.2, -0.15) is 0 Å². The minimum absolute atomic E-state index is 0.235. The number of aliphatic imine (C=N–C) groups is 1. The molecule has 0 aliphatic carbocycles. The van der Waals surface area contributed by atoms with Gasteiger partial charge in [0.2, 0.25) is 5.90 Å². The molecule has 0 N–H and O–H groups in total. The van der Waals surface area contributed by atoms with Crippen LogP contribution >= 0.6 is 22.6 Å². The number of carbonyl (C=O) groups excluding carboxylic acids is 1. The monoisotopic (exact) mass is 435 g/mol. The van der Waals surface area contributed by atoms with Crippen LogP contribution in [0.2, 0.25) is 0 Å². The van der Waals surface area contributed by atoms with E-state index in [0.717, 1.165) is 14.7 Å². The molecule has 0 aromatic heterocycles. The molecular formula is C18H14INO4. The SMILES string of the molecule is COc1cc(/C=C2\N=C(c3ccc(I)cc3)OC2=O)cc(OC)c1. The lowest BCUT2D eigenvalue weighted by molar-refractivity contribution is -0.129. The molecule has 122 valence electrons. The lowest BCUT2D eigenvalue weighted by Gasteiger charge is -2.05. The number of carbonyl (C=O) groups is 1.